The Labute approximate surface area is 189 Å². The molecule has 1 saturated heterocycles. The van der Waals surface area contributed by atoms with Crippen molar-refractivity contribution in [3.8, 4) is 5.69 Å². The Kier molecular flexibility index (Phi) is 6.71. The predicted octanol–water partition coefficient (Wildman–Crippen LogP) is 3.96. The third-order valence-corrected chi connectivity index (χ3v) is 5.81. The van der Waals surface area contributed by atoms with Crippen LogP contribution in [0.4, 0.5) is 5.82 Å². The van der Waals surface area contributed by atoms with Crippen molar-refractivity contribution in [3.05, 3.63) is 82.8 Å². The van der Waals surface area contributed by atoms with Crippen LogP contribution in [0.3, 0.4) is 0 Å². The molecule has 3 heterocycles. The third kappa shape index (κ3) is 4.92. The van der Waals surface area contributed by atoms with Gasteiger partial charge in [-0.2, -0.15) is 0 Å². The van der Waals surface area contributed by atoms with Gasteiger partial charge in [-0.3, -0.25) is 4.79 Å². The fourth-order valence-corrected chi connectivity index (χ4v) is 4.08. The molecule has 1 N–H and O–H groups in total. The first kappa shape index (κ1) is 21.8. The van der Waals surface area contributed by atoms with Crippen molar-refractivity contribution < 1.29 is 9.53 Å². The van der Waals surface area contributed by atoms with Gasteiger partial charge in [0.05, 0.1) is 13.2 Å². The molecule has 3 aromatic rings. The minimum atomic E-state index is -0.123. The van der Waals surface area contributed by atoms with Gasteiger partial charge in [0.15, 0.2) is 0 Å². The summed E-state index contributed by atoms with van der Waals surface area (Å²) < 4.78 is 7.65. The predicted molar refractivity (Wildman–Crippen MR) is 128 cm³/mol. The first-order valence-electron chi connectivity index (χ1n) is 11.0. The van der Waals surface area contributed by atoms with Crippen LogP contribution in [0.25, 0.3) is 11.8 Å². The smallest absolute Gasteiger partial charge is 0.244 e. The van der Waals surface area contributed by atoms with Crippen LogP contribution in [0.15, 0.2) is 54.7 Å². The van der Waals surface area contributed by atoms with Crippen molar-refractivity contribution in [1.82, 2.24) is 14.9 Å². The Morgan fingerprint density at radius 1 is 1.12 bits per heavy atom. The van der Waals surface area contributed by atoms with Gasteiger partial charge in [0.1, 0.15) is 5.82 Å². The zero-order chi connectivity index (χ0) is 22.5. The van der Waals surface area contributed by atoms with Gasteiger partial charge in [0.25, 0.3) is 0 Å². The van der Waals surface area contributed by atoms with E-state index in [0.29, 0.717) is 19.8 Å². The van der Waals surface area contributed by atoms with E-state index in [1.54, 1.807) is 12.3 Å². The van der Waals surface area contributed by atoms with Gasteiger partial charge in [0.2, 0.25) is 5.91 Å². The van der Waals surface area contributed by atoms with E-state index in [-0.39, 0.29) is 5.91 Å². The topological polar surface area (TPSA) is 59.4 Å². The molecular weight excluding hydrogens is 400 g/mol. The van der Waals surface area contributed by atoms with Crippen LogP contribution >= 0.6 is 0 Å². The fraction of sp³-hybridized carbons (Fsp3) is 0.308. The summed E-state index contributed by atoms with van der Waals surface area (Å²) in [7, 11) is 0. The summed E-state index contributed by atoms with van der Waals surface area (Å²) in [6.07, 6.45) is 5.28. The molecule has 6 nitrogen and oxygen atoms in total. The number of aromatic nitrogens is 2. The number of pyridine rings is 1. The molecule has 1 aliphatic heterocycles. The van der Waals surface area contributed by atoms with E-state index in [2.05, 4.69) is 70.9 Å². The third-order valence-electron chi connectivity index (χ3n) is 5.81. The molecule has 1 fully saturated rings. The molecule has 2 aromatic heterocycles. The highest BCUT2D eigenvalue weighted by molar-refractivity contribution is 5.92. The standard InChI is InChI=1S/C26H30N4O2/c1-19-6-9-24(10-7-19)30-20(2)17-22(21(30)3)8-11-25(31)28-18-23-5-4-12-27-26(23)29-13-15-32-16-14-29/h4-12,17H,13-16,18H2,1-3H3,(H,28,31)/b11-8+. The number of hydrogen-bond acceptors (Lipinski definition) is 4. The summed E-state index contributed by atoms with van der Waals surface area (Å²) in [6.45, 7) is 9.71. The molecule has 0 radical (unpaired) electrons. The fourth-order valence-electron chi connectivity index (χ4n) is 4.08. The summed E-state index contributed by atoms with van der Waals surface area (Å²) in [5.41, 5.74) is 6.65. The van der Waals surface area contributed by atoms with Gasteiger partial charge < -0.3 is 19.5 Å². The van der Waals surface area contributed by atoms with Crippen molar-refractivity contribution in [2.24, 2.45) is 0 Å². The largest absolute Gasteiger partial charge is 0.378 e. The average molecular weight is 431 g/mol. The number of nitrogens with zero attached hydrogens (tertiary/aromatic N) is 3. The molecule has 0 atom stereocenters. The monoisotopic (exact) mass is 430 g/mol. The zero-order valence-electron chi connectivity index (χ0n) is 19.0. The maximum atomic E-state index is 12.5. The molecule has 0 unspecified atom stereocenters. The van der Waals surface area contributed by atoms with Crippen LogP contribution in [0, 0.1) is 20.8 Å². The highest BCUT2D eigenvalue weighted by Gasteiger charge is 2.16. The van der Waals surface area contributed by atoms with E-state index in [0.717, 1.165) is 47.1 Å². The minimum Gasteiger partial charge on any atom is -0.378 e. The van der Waals surface area contributed by atoms with E-state index >= 15 is 0 Å². The van der Waals surface area contributed by atoms with E-state index < -0.39 is 0 Å². The van der Waals surface area contributed by atoms with Crippen molar-refractivity contribution >= 4 is 17.8 Å². The molecule has 1 amide bonds. The molecule has 1 aromatic carbocycles. The lowest BCUT2D eigenvalue weighted by Crippen LogP contribution is -2.37. The number of anilines is 1. The second-order valence-electron chi connectivity index (χ2n) is 8.13. The molecule has 4 rings (SSSR count). The van der Waals surface area contributed by atoms with Gasteiger partial charge in [-0.1, -0.05) is 23.8 Å². The molecule has 0 bridgehead atoms. The Bertz CT molecular complexity index is 1110. The lowest BCUT2D eigenvalue weighted by Gasteiger charge is -2.29. The van der Waals surface area contributed by atoms with E-state index in [4.69, 9.17) is 4.74 Å². The minimum absolute atomic E-state index is 0.123. The Hall–Kier alpha value is -3.38. The number of carbonyl (C=O) groups is 1. The summed E-state index contributed by atoms with van der Waals surface area (Å²) >= 11 is 0. The molecular formula is C26H30N4O2. The lowest BCUT2D eigenvalue weighted by molar-refractivity contribution is -0.116. The number of benzene rings is 1. The Morgan fingerprint density at radius 3 is 2.62 bits per heavy atom. The molecule has 0 saturated carbocycles. The molecule has 6 heteroatoms. The maximum absolute atomic E-state index is 12.5. The van der Waals surface area contributed by atoms with Gasteiger partial charge in [0, 0.05) is 54.5 Å². The second-order valence-corrected chi connectivity index (χ2v) is 8.13. The number of nitrogens with one attached hydrogen (secondary N) is 1. The van der Waals surface area contributed by atoms with Crippen LogP contribution in [0.5, 0.6) is 0 Å². The Balaban J connectivity index is 1.43. The number of aryl methyl sites for hydroxylation is 2. The van der Waals surface area contributed by atoms with Crippen molar-refractivity contribution in [1.29, 1.82) is 0 Å². The first-order chi connectivity index (χ1) is 15.5. The second kappa shape index (κ2) is 9.83. The number of amides is 1. The summed E-state index contributed by atoms with van der Waals surface area (Å²) in [4.78, 5) is 19.3. The number of hydrogen-bond donors (Lipinski definition) is 1. The molecule has 32 heavy (non-hydrogen) atoms. The van der Waals surface area contributed by atoms with Gasteiger partial charge >= 0.3 is 0 Å². The number of carbonyl (C=O) groups excluding carboxylic acids is 1. The Morgan fingerprint density at radius 2 is 1.88 bits per heavy atom. The maximum Gasteiger partial charge on any atom is 0.244 e. The van der Waals surface area contributed by atoms with Crippen molar-refractivity contribution in [2.75, 3.05) is 31.2 Å². The van der Waals surface area contributed by atoms with Crippen LogP contribution in [0.1, 0.15) is 28.1 Å². The van der Waals surface area contributed by atoms with E-state index in [1.807, 2.05) is 18.2 Å². The van der Waals surface area contributed by atoms with Crippen LogP contribution in [-0.2, 0) is 16.1 Å². The highest BCUT2D eigenvalue weighted by Crippen LogP contribution is 2.22. The molecule has 0 spiro atoms. The number of ether oxygens (including phenoxy) is 1. The zero-order valence-corrected chi connectivity index (χ0v) is 19.0. The summed E-state index contributed by atoms with van der Waals surface area (Å²) in [6, 6.07) is 14.5. The quantitative estimate of drug-likeness (QED) is 0.602. The summed E-state index contributed by atoms with van der Waals surface area (Å²) in [5, 5.41) is 3.00. The number of rotatable bonds is 6. The van der Waals surface area contributed by atoms with Crippen LogP contribution < -0.4 is 10.2 Å². The molecule has 166 valence electrons. The van der Waals surface area contributed by atoms with E-state index in [9.17, 15) is 4.79 Å². The molecule has 0 aliphatic carbocycles. The van der Waals surface area contributed by atoms with Gasteiger partial charge in [-0.05, 0) is 56.7 Å². The van der Waals surface area contributed by atoms with E-state index in [1.165, 1.54) is 5.56 Å². The van der Waals surface area contributed by atoms with Crippen molar-refractivity contribution in [2.45, 2.75) is 27.3 Å². The van der Waals surface area contributed by atoms with Crippen LogP contribution in [0.2, 0.25) is 0 Å². The SMILES string of the molecule is Cc1ccc(-n2c(C)cc(/C=C/C(=O)NCc3cccnc3N3CCOCC3)c2C)cc1. The average Bonchev–Trinajstić information content (AvgIpc) is 3.10. The molecule has 1 aliphatic rings. The lowest BCUT2D eigenvalue weighted by atomic mass is 10.2. The normalized spacial score (nSPS) is 14.2. The number of morpholine rings is 1. The first-order valence-corrected chi connectivity index (χ1v) is 11.0. The van der Waals surface area contributed by atoms with Gasteiger partial charge in [-0.25, -0.2) is 4.98 Å². The van der Waals surface area contributed by atoms with Gasteiger partial charge in [-0.15, -0.1) is 0 Å². The highest BCUT2D eigenvalue weighted by atomic mass is 16.5. The summed E-state index contributed by atoms with van der Waals surface area (Å²) in [5.74, 6) is 0.795. The van der Waals surface area contributed by atoms with Crippen molar-refractivity contribution in [3.63, 3.8) is 0 Å². The van der Waals surface area contributed by atoms with Crippen LogP contribution in [-0.4, -0.2) is 41.8 Å².